The van der Waals surface area contributed by atoms with Crippen molar-refractivity contribution in [2.24, 2.45) is 34.5 Å². The molecular formula is C14H16Br4O. The highest BCUT2D eigenvalue weighted by Gasteiger charge is 2.79. The number of hydrogen-bond donors (Lipinski definition) is 0. The van der Waals surface area contributed by atoms with Crippen LogP contribution in [0.5, 0.6) is 0 Å². The minimum Gasteiger partial charge on any atom is -0.380 e. The smallest absolute Gasteiger partial charge is 0.0868 e. The average molecular weight is 520 g/mol. The summed E-state index contributed by atoms with van der Waals surface area (Å²) in [4.78, 5) is 0. The second-order valence-electron chi connectivity index (χ2n) is 7.64. The Hall–Kier alpha value is 1.88. The maximum atomic E-state index is 6.03. The Bertz CT molecular complexity index is 404. The van der Waals surface area contributed by atoms with Crippen molar-refractivity contribution in [2.45, 2.75) is 32.2 Å². The van der Waals surface area contributed by atoms with E-state index in [1.165, 1.54) is 25.7 Å². The Morgan fingerprint density at radius 2 is 0.947 bits per heavy atom. The van der Waals surface area contributed by atoms with Gasteiger partial charge in [0.1, 0.15) is 0 Å². The van der Waals surface area contributed by atoms with Crippen molar-refractivity contribution in [3.63, 3.8) is 0 Å². The highest BCUT2D eigenvalue weighted by Crippen LogP contribution is 2.83. The van der Waals surface area contributed by atoms with Gasteiger partial charge in [-0.2, -0.15) is 0 Å². The van der Waals surface area contributed by atoms with Crippen molar-refractivity contribution < 1.29 is 4.74 Å². The van der Waals surface area contributed by atoms with Crippen molar-refractivity contribution in [1.29, 1.82) is 0 Å². The monoisotopic (exact) mass is 516 g/mol. The molecule has 0 spiro atoms. The first kappa shape index (κ1) is 13.3. The lowest BCUT2D eigenvalue weighted by Gasteiger charge is -2.50. The van der Waals surface area contributed by atoms with Crippen LogP contribution in [0.4, 0.5) is 0 Å². The first-order chi connectivity index (χ1) is 8.83. The maximum Gasteiger partial charge on any atom is 0.0868 e. The molecule has 4 unspecified atom stereocenters. The molecule has 0 bridgehead atoms. The Labute approximate surface area is 147 Å². The number of halogens is 4. The highest BCUT2D eigenvalue weighted by molar-refractivity contribution is 9.26. The van der Waals surface area contributed by atoms with Crippen LogP contribution in [0.1, 0.15) is 25.7 Å². The van der Waals surface area contributed by atoms with Gasteiger partial charge < -0.3 is 4.74 Å². The third kappa shape index (κ3) is 1.42. The Balaban J connectivity index is 1.56. The number of alkyl halides is 4. The third-order valence-corrected chi connectivity index (χ3v) is 11.8. The van der Waals surface area contributed by atoms with E-state index >= 15 is 0 Å². The molecular weight excluding hydrogens is 504 g/mol. The predicted octanol–water partition coefficient (Wildman–Crippen LogP) is 5.04. The molecule has 4 aliphatic carbocycles. The van der Waals surface area contributed by atoms with Crippen molar-refractivity contribution in [3.05, 3.63) is 0 Å². The van der Waals surface area contributed by atoms with Crippen LogP contribution in [-0.4, -0.2) is 19.7 Å². The summed E-state index contributed by atoms with van der Waals surface area (Å²) in [6, 6.07) is 0. The number of fused-ring (bicyclic) bond motifs is 2. The molecule has 0 radical (unpaired) electrons. The van der Waals surface area contributed by atoms with Crippen molar-refractivity contribution in [3.8, 4) is 0 Å². The van der Waals surface area contributed by atoms with Gasteiger partial charge in [0.25, 0.3) is 0 Å². The van der Waals surface area contributed by atoms with Crippen LogP contribution >= 0.6 is 63.7 Å². The van der Waals surface area contributed by atoms with Gasteiger partial charge in [-0.05, 0) is 49.4 Å². The molecule has 5 aliphatic rings. The molecule has 106 valence electrons. The van der Waals surface area contributed by atoms with E-state index < -0.39 is 0 Å². The summed E-state index contributed by atoms with van der Waals surface area (Å²) in [7, 11) is 0. The molecule has 0 N–H and O–H groups in total. The van der Waals surface area contributed by atoms with Crippen molar-refractivity contribution in [1.82, 2.24) is 0 Å². The summed E-state index contributed by atoms with van der Waals surface area (Å²) in [6.07, 6.45) is 5.42. The molecule has 5 rings (SSSR count). The van der Waals surface area contributed by atoms with E-state index in [1.54, 1.807) is 0 Å². The molecule has 0 aromatic heterocycles. The molecule has 5 heteroatoms. The first-order valence-corrected chi connectivity index (χ1v) is 10.3. The fourth-order valence-electron chi connectivity index (χ4n) is 5.73. The molecule has 1 aliphatic heterocycles. The fourth-order valence-corrected chi connectivity index (χ4v) is 9.05. The number of hydrogen-bond acceptors (Lipinski definition) is 1. The summed E-state index contributed by atoms with van der Waals surface area (Å²) >= 11 is 15.7. The average Bonchev–Trinajstić information content (AvgIpc) is 2.97. The Morgan fingerprint density at radius 1 is 0.632 bits per heavy atom. The van der Waals surface area contributed by atoms with Gasteiger partial charge in [0.2, 0.25) is 0 Å². The molecule has 1 heterocycles. The lowest BCUT2D eigenvalue weighted by molar-refractivity contribution is -0.0173. The molecule has 0 amide bonds. The quantitative estimate of drug-likeness (QED) is 0.408. The van der Waals surface area contributed by atoms with E-state index in [4.69, 9.17) is 4.74 Å². The molecule has 4 saturated carbocycles. The van der Waals surface area contributed by atoms with Crippen LogP contribution in [-0.2, 0) is 4.74 Å². The van der Waals surface area contributed by atoms with Crippen LogP contribution in [0.2, 0.25) is 0 Å². The predicted molar refractivity (Wildman–Crippen MR) is 89.3 cm³/mol. The van der Waals surface area contributed by atoms with Gasteiger partial charge >= 0.3 is 0 Å². The van der Waals surface area contributed by atoms with E-state index in [0.29, 0.717) is 10.8 Å². The van der Waals surface area contributed by atoms with Crippen LogP contribution in [0.25, 0.3) is 0 Å². The third-order valence-electron chi connectivity index (χ3n) is 7.05. The summed E-state index contributed by atoms with van der Waals surface area (Å²) in [5, 5.41) is 0. The zero-order chi connectivity index (χ0) is 13.3. The van der Waals surface area contributed by atoms with Gasteiger partial charge in [-0.3, -0.25) is 0 Å². The number of ether oxygens (including phenoxy) is 1. The molecule has 5 fully saturated rings. The SMILES string of the molecule is BrC1(Br)C2CC34COCC3(CC21)CC1C(C4)C1(Br)Br. The molecule has 19 heavy (non-hydrogen) atoms. The Kier molecular flexibility index (Phi) is 2.47. The second-order valence-corrected chi connectivity index (χ2v) is 15.0. The van der Waals surface area contributed by atoms with Crippen LogP contribution in [0.15, 0.2) is 0 Å². The minimum atomic E-state index is 0.249. The lowest BCUT2D eigenvalue weighted by Crippen LogP contribution is -2.47. The van der Waals surface area contributed by atoms with Gasteiger partial charge in [-0.15, -0.1) is 0 Å². The Morgan fingerprint density at radius 3 is 1.26 bits per heavy atom. The minimum absolute atomic E-state index is 0.249. The zero-order valence-electron chi connectivity index (χ0n) is 10.5. The van der Waals surface area contributed by atoms with Gasteiger partial charge in [-0.25, -0.2) is 0 Å². The van der Waals surface area contributed by atoms with Crippen molar-refractivity contribution in [2.75, 3.05) is 13.2 Å². The van der Waals surface area contributed by atoms with Gasteiger partial charge in [0.15, 0.2) is 0 Å². The van der Waals surface area contributed by atoms with Gasteiger partial charge in [0, 0.05) is 10.8 Å². The number of rotatable bonds is 0. The lowest BCUT2D eigenvalue weighted by atomic mass is 9.52. The van der Waals surface area contributed by atoms with Crippen LogP contribution < -0.4 is 0 Å². The zero-order valence-corrected chi connectivity index (χ0v) is 16.8. The maximum absolute atomic E-state index is 6.03. The largest absolute Gasteiger partial charge is 0.380 e. The van der Waals surface area contributed by atoms with Gasteiger partial charge in [-0.1, -0.05) is 63.7 Å². The summed E-state index contributed by atoms with van der Waals surface area (Å²) in [5.74, 6) is 3.27. The van der Waals surface area contributed by atoms with Crippen LogP contribution in [0, 0.1) is 34.5 Å². The highest BCUT2D eigenvalue weighted by atomic mass is 79.9. The molecule has 0 aromatic rings. The molecule has 0 aromatic carbocycles. The van der Waals surface area contributed by atoms with E-state index in [2.05, 4.69) is 63.7 Å². The second kappa shape index (κ2) is 3.52. The van der Waals surface area contributed by atoms with E-state index in [1.807, 2.05) is 0 Å². The summed E-state index contributed by atoms with van der Waals surface area (Å²) < 4.78 is 6.53. The summed E-state index contributed by atoms with van der Waals surface area (Å²) in [5.41, 5.74) is 0.920. The van der Waals surface area contributed by atoms with E-state index in [9.17, 15) is 0 Å². The summed E-state index contributed by atoms with van der Waals surface area (Å²) in [6.45, 7) is 2.01. The normalized spacial score (nSPS) is 62.5. The molecule has 1 nitrogen and oxygen atoms in total. The molecule has 4 atom stereocenters. The standard InChI is InChI=1S/C14H16Br4O/c15-13(16)7-1-11-2-9-10(14(9,17)18)4-12(11,3-8(7)13)6-19-5-11/h7-10H,1-6H2. The van der Waals surface area contributed by atoms with Gasteiger partial charge in [0.05, 0.1) is 19.7 Å². The van der Waals surface area contributed by atoms with E-state index in [-0.39, 0.29) is 6.47 Å². The molecule has 1 saturated heterocycles. The topological polar surface area (TPSA) is 9.23 Å². The fraction of sp³-hybridized carbons (Fsp3) is 1.00. The first-order valence-electron chi connectivity index (χ1n) is 7.16. The van der Waals surface area contributed by atoms with Crippen molar-refractivity contribution >= 4 is 63.7 Å². The van der Waals surface area contributed by atoms with Crippen LogP contribution in [0.3, 0.4) is 0 Å². The van der Waals surface area contributed by atoms with E-state index in [0.717, 1.165) is 36.9 Å².